The standard InChI is InChI=1S/C16H15ClN2O/c1-10-3-2-4-15(20)16(10)14(19)9-13(18)11-5-7-12(17)8-6-11/h2-9,18,20H,19H2,1H3. The van der Waals surface area contributed by atoms with Crippen LogP contribution in [0.3, 0.4) is 0 Å². The minimum absolute atomic E-state index is 0.114. The molecule has 102 valence electrons. The van der Waals surface area contributed by atoms with Gasteiger partial charge in [0.2, 0.25) is 0 Å². The molecule has 0 aromatic heterocycles. The smallest absolute Gasteiger partial charge is 0.125 e. The number of allylic oxidation sites excluding steroid dienone is 1. The van der Waals surface area contributed by atoms with E-state index in [4.69, 9.17) is 22.7 Å². The Morgan fingerprint density at radius 1 is 1.20 bits per heavy atom. The Balaban J connectivity index is 2.35. The van der Waals surface area contributed by atoms with Crippen LogP contribution in [0, 0.1) is 12.3 Å². The molecule has 3 nitrogen and oxygen atoms in total. The minimum atomic E-state index is 0.114. The van der Waals surface area contributed by atoms with Crippen molar-refractivity contribution in [2.75, 3.05) is 0 Å². The molecule has 0 bridgehead atoms. The fraction of sp³-hybridized carbons (Fsp3) is 0.0625. The zero-order valence-corrected chi connectivity index (χ0v) is 11.8. The summed E-state index contributed by atoms with van der Waals surface area (Å²) < 4.78 is 0. The van der Waals surface area contributed by atoms with Crippen molar-refractivity contribution in [1.82, 2.24) is 0 Å². The highest BCUT2D eigenvalue weighted by molar-refractivity contribution is 6.30. The lowest BCUT2D eigenvalue weighted by Gasteiger charge is -2.09. The molecule has 0 aliphatic carbocycles. The van der Waals surface area contributed by atoms with E-state index < -0.39 is 0 Å². The van der Waals surface area contributed by atoms with Gasteiger partial charge in [0, 0.05) is 16.3 Å². The van der Waals surface area contributed by atoms with Gasteiger partial charge >= 0.3 is 0 Å². The molecule has 2 aromatic carbocycles. The number of phenolic OH excluding ortho intramolecular Hbond substituents is 1. The van der Waals surface area contributed by atoms with E-state index in [1.807, 2.05) is 13.0 Å². The van der Waals surface area contributed by atoms with E-state index in [-0.39, 0.29) is 11.5 Å². The van der Waals surface area contributed by atoms with Crippen molar-refractivity contribution in [3.8, 4) is 5.75 Å². The number of halogens is 1. The van der Waals surface area contributed by atoms with Crippen LogP contribution in [0.15, 0.2) is 48.5 Å². The van der Waals surface area contributed by atoms with Gasteiger partial charge in [0.1, 0.15) is 5.75 Å². The second kappa shape index (κ2) is 5.80. The van der Waals surface area contributed by atoms with Crippen molar-refractivity contribution in [2.45, 2.75) is 6.92 Å². The van der Waals surface area contributed by atoms with Gasteiger partial charge < -0.3 is 16.2 Å². The normalized spacial score (nSPS) is 11.4. The molecule has 0 saturated heterocycles. The third-order valence-corrected chi connectivity index (χ3v) is 3.25. The van der Waals surface area contributed by atoms with Crippen LogP contribution in [0.1, 0.15) is 16.7 Å². The molecule has 0 amide bonds. The third-order valence-electron chi connectivity index (χ3n) is 2.99. The number of phenols is 1. The van der Waals surface area contributed by atoms with E-state index in [1.165, 1.54) is 6.08 Å². The predicted molar refractivity (Wildman–Crippen MR) is 83.3 cm³/mol. The van der Waals surface area contributed by atoms with Crippen molar-refractivity contribution in [2.24, 2.45) is 5.73 Å². The number of benzene rings is 2. The molecule has 0 heterocycles. The monoisotopic (exact) mass is 286 g/mol. The first kappa shape index (κ1) is 14.2. The Morgan fingerprint density at radius 3 is 2.45 bits per heavy atom. The molecule has 0 fully saturated rings. The summed E-state index contributed by atoms with van der Waals surface area (Å²) in [5, 5.41) is 18.5. The molecular formula is C16H15ClN2O. The van der Waals surface area contributed by atoms with Crippen molar-refractivity contribution in [3.05, 3.63) is 70.3 Å². The fourth-order valence-corrected chi connectivity index (χ4v) is 2.09. The van der Waals surface area contributed by atoms with Gasteiger partial charge in [0.15, 0.2) is 0 Å². The Bertz CT molecular complexity index is 655. The van der Waals surface area contributed by atoms with E-state index in [0.717, 1.165) is 5.56 Å². The lowest BCUT2D eigenvalue weighted by Crippen LogP contribution is -2.04. The number of nitrogens with two attached hydrogens (primary N) is 1. The molecule has 0 unspecified atom stereocenters. The third kappa shape index (κ3) is 3.00. The molecular weight excluding hydrogens is 272 g/mol. The lowest BCUT2D eigenvalue weighted by molar-refractivity contribution is 0.473. The van der Waals surface area contributed by atoms with Crippen LogP contribution in [-0.4, -0.2) is 10.8 Å². The van der Waals surface area contributed by atoms with Crippen LogP contribution in [0.4, 0.5) is 0 Å². The van der Waals surface area contributed by atoms with Gasteiger partial charge in [0.25, 0.3) is 0 Å². The maximum absolute atomic E-state index is 9.87. The van der Waals surface area contributed by atoms with Gasteiger partial charge in [-0.15, -0.1) is 0 Å². The first-order valence-electron chi connectivity index (χ1n) is 6.09. The second-order valence-corrected chi connectivity index (χ2v) is 4.93. The van der Waals surface area contributed by atoms with E-state index in [9.17, 15) is 5.11 Å². The SMILES string of the molecule is Cc1cccc(O)c1C(N)=CC(=N)c1ccc(Cl)cc1. The number of nitrogens with one attached hydrogen (secondary N) is 1. The Labute approximate surface area is 122 Å². The van der Waals surface area contributed by atoms with Crippen molar-refractivity contribution in [3.63, 3.8) is 0 Å². The highest BCUT2D eigenvalue weighted by Gasteiger charge is 2.08. The van der Waals surface area contributed by atoms with Crippen molar-refractivity contribution in [1.29, 1.82) is 5.41 Å². The number of hydrogen-bond acceptors (Lipinski definition) is 3. The molecule has 4 heteroatoms. The van der Waals surface area contributed by atoms with Crippen LogP contribution >= 0.6 is 11.6 Å². The van der Waals surface area contributed by atoms with Crippen LogP contribution in [0.5, 0.6) is 5.75 Å². The maximum atomic E-state index is 9.87. The number of aromatic hydroxyl groups is 1. The van der Waals surface area contributed by atoms with E-state index in [0.29, 0.717) is 21.8 Å². The molecule has 0 atom stereocenters. The molecule has 0 radical (unpaired) electrons. The summed E-state index contributed by atoms with van der Waals surface area (Å²) in [5.41, 5.74) is 8.76. The van der Waals surface area contributed by atoms with Gasteiger partial charge in [-0.1, -0.05) is 35.9 Å². The average Bonchev–Trinajstić information content (AvgIpc) is 2.39. The minimum Gasteiger partial charge on any atom is -0.507 e. The highest BCUT2D eigenvalue weighted by Crippen LogP contribution is 2.25. The topological polar surface area (TPSA) is 70.1 Å². The first-order chi connectivity index (χ1) is 9.49. The van der Waals surface area contributed by atoms with Gasteiger partial charge in [-0.05, 0) is 42.3 Å². The van der Waals surface area contributed by atoms with E-state index in [2.05, 4.69) is 0 Å². The van der Waals surface area contributed by atoms with Crippen LogP contribution < -0.4 is 5.73 Å². The summed E-state index contributed by atoms with van der Waals surface area (Å²) in [6, 6.07) is 12.2. The summed E-state index contributed by atoms with van der Waals surface area (Å²) in [7, 11) is 0. The van der Waals surface area contributed by atoms with Gasteiger partial charge in [-0.2, -0.15) is 0 Å². The van der Waals surface area contributed by atoms with Crippen molar-refractivity contribution < 1.29 is 5.11 Å². The summed E-state index contributed by atoms with van der Waals surface area (Å²) >= 11 is 5.82. The number of aryl methyl sites for hydroxylation is 1. The van der Waals surface area contributed by atoms with Gasteiger partial charge in [-0.3, -0.25) is 0 Å². The van der Waals surface area contributed by atoms with E-state index >= 15 is 0 Å². The quantitative estimate of drug-likeness (QED) is 0.753. The van der Waals surface area contributed by atoms with Gasteiger partial charge in [0.05, 0.1) is 5.71 Å². The fourth-order valence-electron chi connectivity index (χ4n) is 1.97. The first-order valence-corrected chi connectivity index (χ1v) is 6.47. The lowest BCUT2D eigenvalue weighted by atomic mass is 10.0. The average molecular weight is 287 g/mol. The zero-order valence-electron chi connectivity index (χ0n) is 11.0. The molecule has 4 N–H and O–H groups in total. The second-order valence-electron chi connectivity index (χ2n) is 4.49. The molecule has 20 heavy (non-hydrogen) atoms. The molecule has 0 spiro atoms. The number of hydrogen-bond donors (Lipinski definition) is 3. The Hall–Kier alpha value is -2.26. The summed E-state index contributed by atoms with van der Waals surface area (Å²) in [6.07, 6.45) is 1.53. The molecule has 0 aliphatic heterocycles. The predicted octanol–water partition coefficient (Wildman–Crippen LogP) is 3.72. The summed E-state index contributed by atoms with van der Waals surface area (Å²) in [6.45, 7) is 1.86. The highest BCUT2D eigenvalue weighted by atomic mass is 35.5. The molecule has 0 saturated carbocycles. The van der Waals surface area contributed by atoms with Crippen LogP contribution in [0.25, 0.3) is 5.70 Å². The van der Waals surface area contributed by atoms with Crippen molar-refractivity contribution >= 4 is 23.0 Å². The summed E-state index contributed by atoms with van der Waals surface area (Å²) in [4.78, 5) is 0. The largest absolute Gasteiger partial charge is 0.507 e. The Morgan fingerprint density at radius 2 is 1.85 bits per heavy atom. The van der Waals surface area contributed by atoms with Crippen LogP contribution in [0.2, 0.25) is 5.02 Å². The van der Waals surface area contributed by atoms with Gasteiger partial charge in [-0.25, -0.2) is 0 Å². The molecule has 0 aliphatic rings. The Kier molecular flexibility index (Phi) is 4.11. The van der Waals surface area contributed by atoms with Crippen LogP contribution in [-0.2, 0) is 0 Å². The summed E-state index contributed by atoms with van der Waals surface area (Å²) in [5.74, 6) is 0.114. The zero-order chi connectivity index (χ0) is 14.7. The molecule has 2 rings (SSSR count). The number of rotatable bonds is 3. The van der Waals surface area contributed by atoms with E-state index in [1.54, 1.807) is 36.4 Å². The maximum Gasteiger partial charge on any atom is 0.125 e. The molecule has 2 aromatic rings.